The first kappa shape index (κ1) is 13.7. The van der Waals surface area contributed by atoms with Gasteiger partial charge < -0.3 is 9.84 Å². The van der Waals surface area contributed by atoms with E-state index in [-0.39, 0.29) is 0 Å². The fourth-order valence-corrected chi connectivity index (χ4v) is 2.88. The number of hydrogen-bond donors (Lipinski definition) is 1. The number of aliphatic hydroxyl groups is 1. The number of benzene rings is 2. The average molecular weight is 333 g/mol. The van der Waals surface area contributed by atoms with E-state index < -0.39 is 6.10 Å². The third-order valence-corrected chi connectivity index (χ3v) is 4.14. The first-order valence-electron chi connectivity index (χ1n) is 6.84. The molecule has 3 heteroatoms. The Kier molecular flexibility index (Phi) is 3.81. The van der Waals surface area contributed by atoms with E-state index in [1.807, 2.05) is 49.4 Å². The van der Waals surface area contributed by atoms with Gasteiger partial charge in [0.1, 0.15) is 11.9 Å². The van der Waals surface area contributed by atoms with Crippen LogP contribution in [-0.4, -0.2) is 11.2 Å². The van der Waals surface area contributed by atoms with E-state index in [1.54, 1.807) is 0 Å². The van der Waals surface area contributed by atoms with Crippen LogP contribution in [0.4, 0.5) is 0 Å². The summed E-state index contributed by atoms with van der Waals surface area (Å²) < 4.78 is 6.71. The van der Waals surface area contributed by atoms with Gasteiger partial charge in [-0.25, -0.2) is 0 Å². The molecule has 104 valence electrons. The van der Waals surface area contributed by atoms with Gasteiger partial charge in [-0.2, -0.15) is 0 Å². The molecule has 0 saturated heterocycles. The van der Waals surface area contributed by atoms with Crippen LogP contribution in [0.1, 0.15) is 35.6 Å². The van der Waals surface area contributed by atoms with Gasteiger partial charge in [-0.3, -0.25) is 0 Å². The summed E-state index contributed by atoms with van der Waals surface area (Å²) in [6.45, 7) is 2.03. The van der Waals surface area contributed by atoms with Crippen molar-refractivity contribution >= 4 is 15.9 Å². The first-order chi connectivity index (χ1) is 9.63. The van der Waals surface area contributed by atoms with Crippen molar-refractivity contribution in [2.75, 3.05) is 0 Å². The zero-order valence-corrected chi connectivity index (χ0v) is 12.9. The topological polar surface area (TPSA) is 29.5 Å². The second kappa shape index (κ2) is 5.58. The molecule has 2 aromatic carbocycles. The van der Waals surface area contributed by atoms with Crippen LogP contribution >= 0.6 is 15.9 Å². The van der Waals surface area contributed by atoms with Gasteiger partial charge in [0.05, 0.1) is 6.10 Å². The Morgan fingerprint density at radius 1 is 1.20 bits per heavy atom. The van der Waals surface area contributed by atoms with Gasteiger partial charge in [0, 0.05) is 4.47 Å². The third kappa shape index (κ3) is 3.05. The van der Waals surface area contributed by atoms with Gasteiger partial charge in [-0.1, -0.05) is 40.2 Å². The summed E-state index contributed by atoms with van der Waals surface area (Å²) in [6, 6.07) is 13.7. The quantitative estimate of drug-likeness (QED) is 0.900. The maximum absolute atomic E-state index is 10.6. The van der Waals surface area contributed by atoms with Crippen molar-refractivity contribution in [3.63, 3.8) is 0 Å². The maximum atomic E-state index is 10.6. The summed E-state index contributed by atoms with van der Waals surface area (Å²) in [4.78, 5) is 0. The van der Waals surface area contributed by atoms with Gasteiger partial charge in [0.25, 0.3) is 0 Å². The van der Waals surface area contributed by atoms with Gasteiger partial charge in [-0.05, 0) is 54.7 Å². The molecule has 0 heterocycles. The highest BCUT2D eigenvalue weighted by atomic mass is 79.9. The normalized spacial score (nSPS) is 15.9. The first-order valence-corrected chi connectivity index (χ1v) is 7.63. The third-order valence-electron chi connectivity index (χ3n) is 3.45. The molecule has 1 fully saturated rings. The number of halogens is 1. The second-order valence-corrected chi connectivity index (χ2v) is 6.17. The molecule has 0 spiro atoms. The Labute approximate surface area is 127 Å². The van der Waals surface area contributed by atoms with E-state index >= 15 is 0 Å². The van der Waals surface area contributed by atoms with E-state index in [4.69, 9.17) is 4.74 Å². The number of aryl methyl sites for hydroxylation is 1. The van der Waals surface area contributed by atoms with Gasteiger partial charge >= 0.3 is 0 Å². The number of hydrogen-bond acceptors (Lipinski definition) is 2. The van der Waals surface area contributed by atoms with E-state index in [0.29, 0.717) is 6.10 Å². The highest BCUT2D eigenvalue weighted by molar-refractivity contribution is 9.10. The van der Waals surface area contributed by atoms with E-state index in [0.717, 1.165) is 34.2 Å². The maximum Gasteiger partial charge on any atom is 0.120 e. The molecule has 0 radical (unpaired) electrons. The predicted molar refractivity (Wildman–Crippen MR) is 83.0 cm³/mol. The van der Waals surface area contributed by atoms with Crippen molar-refractivity contribution in [1.82, 2.24) is 0 Å². The Hall–Kier alpha value is -1.32. The SMILES string of the molecule is Cc1ccc(C(O)c2cccc(OC3CC3)c2)c(Br)c1. The molecule has 1 unspecified atom stereocenters. The van der Waals surface area contributed by atoms with Crippen molar-refractivity contribution in [2.45, 2.75) is 32.0 Å². The van der Waals surface area contributed by atoms with E-state index in [2.05, 4.69) is 15.9 Å². The molecule has 20 heavy (non-hydrogen) atoms. The molecule has 0 aliphatic heterocycles. The lowest BCUT2D eigenvalue weighted by Crippen LogP contribution is -2.02. The zero-order chi connectivity index (χ0) is 14.1. The molecule has 1 N–H and O–H groups in total. The standard InChI is InChI=1S/C17H17BrO2/c1-11-5-8-15(16(18)9-11)17(19)12-3-2-4-14(10-12)20-13-6-7-13/h2-5,8-10,13,17,19H,6-7H2,1H3. The molecule has 0 bridgehead atoms. The van der Waals surface area contributed by atoms with Crippen LogP contribution in [0.25, 0.3) is 0 Å². The van der Waals surface area contributed by atoms with Crippen molar-refractivity contribution in [3.8, 4) is 5.75 Å². The van der Waals surface area contributed by atoms with Crippen LogP contribution in [0.2, 0.25) is 0 Å². The molecule has 0 amide bonds. The molecule has 3 rings (SSSR count). The molecular formula is C17H17BrO2. The van der Waals surface area contributed by atoms with Crippen molar-refractivity contribution < 1.29 is 9.84 Å². The fourth-order valence-electron chi connectivity index (χ4n) is 2.17. The Morgan fingerprint density at radius 2 is 2.00 bits per heavy atom. The van der Waals surface area contributed by atoms with Crippen molar-refractivity contribution in [1.29, 1.82) is 0 Å². The molecule has 2 nitrogen and oxygen atoms in total. The van der Waals surface area contributed by atoms with Crippen LogP contribution in [0, 0.1) is 6.92 Å². The van der Waals surface area contributed by atoms with Gasteiger partial charge in [0.2, 0.25) is 0 Å². The van der Waals surface area contributed by atoms with Gasteiger partial charge in [0.15, 0.2) is 0 Å². The molecular weight excluding hydrogens is 316 g/mol. The molecule has 2 aromatic rings. The largest absolute Gasteiger partial charge is 0.490 e. The zero-order valence-electron chi connectivity index (χ0n) is 11.3. The molecule has 1 atom stereocenters. The van der Waals surface area contributed by atoms with E-state index in [1.165, 1.54) is 5.56 Å². The minimum absolute atomic E-state index is 0.369. The highest BCUT2D eigenvalue weighted by Gasteiger charge is 2.24. The lowest BCUT2D eigenvalue weighted by atomic mass is 10.0. The van der Waals surface area contributed by atoms with Crippen molar-refractivity contribution in [2.24, 2.45) is 0 Å². The summed E-state index contributed by atoms with van der Waals surface area (Å²) in [5, 5.41) is 10.6. The highest BCUT2D eigenvalue weighted by Crippen LogP contribution is 2.32. The smallest absolute Gasteiger partial charge is 0.120 e. The lowest BCUT2D eigenvalue weighted by molar-refractivity contribution is 0.218. The van der Waals surface area contributed by atoms with Crippen LogP contribution < -0.4 is 4.74 Å². The van der Waals surface area contributed by atoms with E-state index in [9.17, 15) is 5.11 Å². The molecule has 1 aliphatic carbocycles. The summed E-state index contributed by atoms with van der Waals surface area (Å²) in [7, 11) is 0. The van der Waals surface area contributed by atoms with Crippen LogP contribution in [0.3, 0.4) is 0 Å². The monoisotopic (exact) mass is 332 g/mol. The predicted octanol–water partition coefficient (Wildman–Crippen LogP) is 4.38. The van der Waals surface area contributed by atoms with Crippen LogP contribution in [0.15, 0.2) is 46.9 Å². The Morgan fingerprint density at radius 3 is 2.70 bits per heavy atom. The summed E-state index contributed by atoms with van der Waals surface area (Å²) in [5.41, 5.74) is 2.89. The van der Waals surface area contributed by atoms with Crippen LogP contribution in [0.5, 0.6) is 5.75 Å². The number of rotatable bonds is 4. The van der Waals surface area contributed by atoms with Gasteiger partial charge in [-0.15, -0.1) is 0 Å². The number of aliphatic hydroxyl groups excluding tert-OH is 1. The fraction of sp³-hybridized carbons (Fsp3) is 0.294. The minimum Gasteiger partial charge on any atom is -0.490 e. The molecule has 1 saturated carbocycles. The Bertz CT molecular complexity index is 620. The molecule has 0 aromatic heterocycles. The Balaban J connectivity index is 1.86. The van der Waals surface area contributed by atoms with Crippen molar-refractivity contribution in [3.05, 3.63) is 63.6 Å². The summed E-state index contributed by atoms with van der Waals surface area (Å²) >= 11 is 3.52. The average Bonchev–Trinajstić information content (AvgIpc) is 3.22. The summed E-state index contributed by atoms with van der Waals surface area (Å²) in [6.07, 6.45) is 1.99. The second-order valence-electron chi connectivity index (χ2n) is 5.32. The minimum atomic E-state index is -0.646. The molecule has 1 aliphatic rings. The number of ether oxygens (including phenoxy) is 1. The summed E-state index contributed by atoms with van der Waals surface area (Å²) in [5.74, 6) is 0.840. The van der Waals surface area contributed by atoms with Crippen LogP contribution in [-0.2, 0) is 0 Å². The lowest BCUT2D eigenvalue weighted by Gasteiger charge is -2.15.